The highest BCUT2D eigenvalue weighted by Gasteiger charge is 2.06. The number of hydrogen-bond donors (Lipinski definition) is 1. The molecule has 0 spiro atoms. The van der Waals surface area contributed by atoms with Crippen LogP contribution in [-0.2, 0) is 13.2 Å². The Hall–Kier alpha value is -3.74. The molecule has 0 heterocycles. The predicted molar refractivity (Wildman–Crippen MR) is 118 cm³/mol. The third-order valence-electron chi connectivity index (χ3n) is 4.53. The van der Waals surface area contributed by atoms with Gasteiger partial charge in [0.2, 0.25) is 0 Å². The number of rotatable bonds is 10. The molecule has 0 saturated carbocycles. The molecule has 0 aliphatic heterocycles. The van der Waals surface area contributed by atoms with Gasteiger partial charge in [0.1, 0.15) is 12.4 Å². The summed E-state index contributed by atoms with van der Waals surface area (Å²) in [4.78, 5) is 0. The first kappa shape index (κ1) is 22.0. The molecule has 1 N–H and O–H groups in total. The van der Waals surface area contributed by atoms with Gasteiger partial charge < -0.3 is 24.4 Å². The second kappa shape index (κ2) is 10.9. The Labute approximate surface area is 181 Å². The van der Waals surface area contributed by atoms with Crippen LogP contribution in [0.15, 0.2) is 65.8 Å². The van der Waals surface area contributed by atoms with E-state index in [4.69, 9.17) is 18.9 Å². The Morgan fingerprint density at radius 2 is 1.42 bits per heavy atom. The lowest BCUT2D eigenvalue weighted by Gasteiger charge is -2.11. The minimum absolute atomic E-state index is 0.273. The normalized spacial score (nSPS) is 10.7. The molecule has 3 rings (SSSR count). The first-order valence-corrected chi connectivity index (χ1v) is 9.65. The van der Waals surface area contributed by atoms with Crippen molar-refractivity contribution in [2.24, 2.45) is 5.10 Å². The van der Waals surface area contributed by atoms with Crippen molar-refractivity contribution in [3.63, 3.8) is 0 Å². The van der Waals surface area contributed by atoms with Gasteiger partial charge in [-0.25, -0.2) is 4.39 Å². The van der Waals surface area contributed by atoms with Crippen LogP contribution in [0.3, 0.4) is 0 Å². The quantitative estimate of drug-likeness (QED) is 0.382. The number of hydrazone groups is 1. The van der Waals surface area contributed by atoms with Crippen LogP contribution in [0.2, 0.25) is 0 Å². The molecule has 0 aliphatic rings. The van der Waals surface area contributed by atoms with Crippen LogP contribution in [0.4, 0.5) is 4.39 Å². The van der Waals surface area contributed by atoms with E-state index in [9.17, 15) is 4.39 Å². The summed E-state index contributed by atoms with van der Waals surface area (Å²) in [6, 6.07) is 17.4. The average molecular weight is 424 g/mol. The van der Waals surface area contributed by atoms with Crippen LogP contribution in [0.25, 0.3) is 0 Å². The number of nitrogens with one attached hydrogen (secondary N) is 1. The molecule has 3 aromatic rings. The monoisotopic (exact) mass is 424 g/mol. The summed E-state index contributed by atoms with van der Waals surface area (Å²) in [6.07, 6.45) is 1.70. The number of hydrogen-bond acceptors (Lipinski definition) is 6. The van der Waals surface area contributed by atoms with Crippen molar-refractivity contribution in [1.29, 1.82) is 0 Å². The zero-order valence-corrected chi connectivity index (χ0v) is 17.7. The maximum Gasteiger partial charge on any atom is 0.161 e. The summed E-state index contributed by atoms with van der Waals surface area (Å²) < 4.78 is 34.8. The third-order valence-corrected chi connectivity index (χ3v) is 4.53. The number of nitrogens with zero attached hydrogens (tertiary/aromatic N) is 1. The van der Waals surface area contributed by atoms with Crippen molar-refractivity contribution in [1.82, 2.24) is 5.43 Å². The molecule has 0 unspecified atom stereocenters. The van der Waals surface area contributed by atoms with E-state index in [0.29, 0.717) is 36.1 Å². The minimum Gasteiger partial charge on any atom is -0.493 e. The van der Waals surface area contributed by atoms with E-state index in [1.807, 2.05) is 36.4 Å². The third kappa shape index (κ3) is 6.12. The van der Waals surface area contributed by atoms with Crippen LogP contribution in [0.5, 0.6) is 23.0 Å². The summed E-state index contributed by atoms with van der Waals surface area (Å²) in [7, 11) is 4.79. The van der Waals surface area contributed by atoms with Crippen molar-refractivity contribution >= 4 is 6.21 Å². The van der Waals surface area contributed by atoms with E-state index in [-0.39, 0.29) is 5.82 Å². The molecular weight excluding hydrogens is 399 g/mol. The van der Waals surface area contributed by atoms with Gasteiger partial charge in [0.05, 0.1) is 34.1 Å². The van der Waals surface area contributed by atoms with Gasteiger partial charge in [-0.3, -0.25) is 0 Å². The number of methoxy groups -OCH3 is 3. The molecule has 3 aromatic carbocycles. The standard InChI is InChI=1S/C24H25FN2O4/c1-28-21-10-6-18(12-23(21)29-2)14-26-27-15-19-7-11-22(24(13-19)30-3)31-16-17-4-8-20(25)9-5-17/h4-13,15,26H,14,16H2,1-3H3/b27-15+. The SMILES string of the molecule is COc1ccc(CN/N=C/c2ccc(OCc3ccc(F)cc3)c(OC)c2)cc1OC. The van der Waals surface area contributed by atoms with Crippen molar-refractivity contribution < 1.29 is 23.3 Å². The van der Waals surface area contributed by atoms with Crippen LogP contribution in [0, 0.1) is 5.82 Å². The lowest BCUT2D eigenvalue weighted by Crippen LogP contribution is -2.06. The van der Waals surface area contributed by atoms with Gasteiger partial charge in [0.25, 0.3) is 0 Å². The molecule has 7 heteroatoms. The van der Waals surface area contributed by atoms with Gasteiger partial charge in [-0.1, -0.05) is 18.2 Å². The molecule has 0 aliphatic carbocycles. The molecular formula is C24H25FN2O4. The van der Waals surface area contributed by atoms with Gasteiger partial charge in [-0.15, -0.1) is 0 Å². The summed E-state index contributed by atoms with van der Waals surface area (Å²) in [5.41, 5.74) is 5.75. The van der Waals surface area contributed by atoms with Crippen LogP contribution < -0.4 is 24.4 Å². The van der Waals surface area contributed by atoms with Crippen molar-refractivity contribution in [3.05, 3.63) is 83.2 Å². The van der Waals surface area contributed by atoms with Crippen LogP contribution in [-0.4, -0.2) is 27.5 Å². The number of halogens is 1. The fourth-order valence-electron chi connectivity index (χ4n) is 2.87. The zero-order chi connectivity index (χ0) is 22.1. The second-order valence-electron chi connectivity index (χ2n) is 6.61. The first-order valence-electron chi connectivity index (χ1n) is 9.65. The highest BCUT2D eigenvalue weighted by atomic mass is 19.1. The maximum absolute atomic E-state index is 13.0. The minimum atomic E-state index is -0.273. The highest BCUT2D eigenvalue weighted by molar-refractivity contribution is 5.80. The Balaban J connectivity index is 1.57. The summed E-state index contributed by atoms with van der Waals surface area (Å²) >= 11 is 0. The van der Waals surface area contributed by atoms with E-state index in [1.165, 1.54) is 12.1 Å². The zero-order valence-electron chi connectivity index (χ0n) is 17.7. The van der Waals surface area contributed by atoms with Crippen LogP contribution in [0.1, 0.15) is 16.7 Å². The molecule has 0 saturated heterocycles. The van der Waals surface area contributed by atoms with Gasteiger partial charge in [0, 0.05) is 0 Å². The molecule has 31 heavy (non-hydrogen) atoms. The van der Waals surface area contributed by atoms with E-state index in [0.717, 1.165) is 16.7 Å². The second-order valence-corrected chi connectivity index (χ2v) is 6.61. The Kier molecular flexibility index (Phi) is 7.70. The summed E-state index contributed by atoms with van der Waals surface area (Å²) in [5, 5.41) is 4.26. The van der Waals surface area contributed by atoms with Gasteiger partial charge >= 0.3 is 0 Å². The van der Waals surface area contributed by atoms with Gasteiger partial charge in [0.15, 0.2) is 23.0 Å². The Morgan fingerprint density at radius 1 is 0.774 bits per heavy atom. The highest BCUT2D eigenvalue weighted by Crippen LogP contribution is 2.29. The van der Waals surface area contributed by atoms with E-state index in [1.54, 1.807) is 39.7 Å². The fraction of sp³-hybridized carbons (Fsp3) is 0.208. The molecule has 0 radical (unpaired) electrons. The van der Waals surface area contributed by atoms with E-state index >= 15 is 0 Å². The topological polar surface area (TPSA) is 61.3 Å². The molecule has 0 amide bonds. The fourth-order valence-corrected chi connectivity index (χ4v) is 2.87. The predicted octanol–water partition coefficient (Wildman–Crippen LogP) is 4.55. The van der Waals surface area contributed by atoms with E-state index < -0.39 is 0 Å². The van der Waals surface area contributed by atoms with E-state index in [2.05, 4.69) is 10.5 Å². The number of ether oxygens (including phenoxy) is 4. The maximum atomic E-state index is 13.0. The molecule has 6 nitrogen and oxygen atoms in total. The van der Waals surface area contributed by atoms with Crippen LogP contribution >= 0.6 is 0 Å². The van der Waals surface area contributed by atoms with Gasteiger partial charge in [-0.05, 0) is 59.2 Å². The lowest BCUT2D eigenvalue weighted by atomic mass is 10.2. The molecule has 0 atom stereocenters. The smallest absolute Gasteiger partial charge is 0.161 e. The van der Waals surface area contributed by atoms with Crippen molar-refractivity contribution in [2.75, 3.05) is 21.3 Å². The average Bonchev–Trinajstić information content (AvgIpc) is 2.81. The largest absolute Gasteiger partial charge is 0.493 e. The number of benzene rings is 3. The van der Waals surface area contributed by atoms with Crippen molar-refractivity contribution in [2.45, 2.75) is 13.2 Å². The first-order chi connectivity index (χ1) is 15.1. The summed E-state index contributed by atoms with van der Waals surface area (Å²) in [5.74, 6) is 2.27. The Morgan fingerprint density at radius 3 is 2.13 bits per heavy atom. The molecule has 0 fully saturated rings. The van der Waals surface area contributed by atoms with Gasteiger partial charge in [-0.2, -0.15) is 5.10 Å². The lowest BCUT2D eigenvalue weighted by molar-refractivity contribution is 0.284. The molecule has 0 aromatic heterocycles. The summed E-state index contributed by atoms with van der Waals surface area (Å²) in [6.45, 7) is 0.851. The Bertz CT molecular complexity index is 1020. The molecule has 162 valence electrons. The molecule has 0 bridgehead atoms. The van der Waals surface area contributed by atoms with Crippen molar-refractivity contribution in [3.8, 4) is 23.0 Å².